The molecule has 0 spiro atoms. The molecule has 126 valence electrons. The second kappa shape index (κ2) is 6.74. The zero-order chi connectivity index (χ0) is 16.4. The van der Waals surface area contributed by atoms with Crippen LogP contribution >= 0.6 is 0 Å². The summed E-state index contributed by atoms with van der Waals surface area (Å²) in [5, 5.41) is 8.74. The monoisotopic (exact) mass is 308 g/mol. The van der Waals surface area contributed by atoms with Crippen LogP contribution in [0.5, 0.6) is 0 Å². The lowest BCUT2D eigenvalue weighted by Gasteiger charge is -2.39. The predicted molar refractivity (Wildman–Crippen MR) is 88.8 cm³/mol. The Labute approximate surface area is 135 Å². The van der Waals surface area contributed by atoms with E-state index in [0.29, 0.717) is 28.9 Å². The Morgan fingerprint density at radius 3 is 2.45 bits per heavy atom. The maximum atomic E-state index is 10.6. The molecule has 0 aliphatic heterocycles. The maximum absolute atomic E-state index is 10.6. The van der Waals surface area contributed by atoms with E-state index < -0.39 is 5.97 Å². The Kier molecular flexibility index (Phi) is 5.37. The Morgan fingerprint density at radius 2 is 1.91 bits per heavy atom. The van der Waals surface area contributed by atoms with Crippen LogP contribution in [0.4, 0.5) is 0 Å². The first kappa shape index (κ1) is 17.5. The van der Waals surface area contributed by atoms with E-state index in [0.717, 1.165) is 38.2 Å². The molecule has 2 aliphatic rings. The average Bonchev–Trinajstić information content (AvgIpc) is 2.78. The van der Waals surface area contributed by atoms with Crippen molar-refractivity contribution in [2.45, 2.75) is 78.2 Å². The molecule has 0 amide bonds. The molecule has 2 rings (SSSR count). The van der Waals surface area contributed by atoms with Crippen LogP contribution in [0.2, 0.25) is 0 Å². The second-order valence-corrected chi connectivity index (χ2v) is 8.04. The highest BCUT2D eigenvalue weighted by Gasteiger charge is 2.61. The minimum absolute atomic E-state index is 0.327. The Morgan fingerprint density at radius 1 is 1.23 bits per heavy atom. The Balaban J connectivity index is 1.59. The molecule has 2 saturated carbocycles. The highest BCUT2D eigenvalue weighted by atomic mass is 16.5. The van der Waals surface area contributed by atoms with Crippen LogP contribution in [0.25, 0.3) is 0 Å². The largest absolute Gasteiger partial charge is 0.478 e. The van der Waals surface area contributed by atoms with Gasteiger partial charge in [0.1, 0.15) is 0 Å². The summed E-state index contributed by atoms with van der Waals surface area (Å²) in [6.07, 6.45) is 9.14. The summed E-state index contributed by atoms with van der Waals surface area (Å²) >= 11 is 0. The van der Waals surface area contributed by atoms with Crippen molar-refractivity contribution in [1.82, 2.24) is 0 Å². The van der Waals surface area contributed by atoms with Crippen molar-refractivity contribution in [3.63, 3.8) is 0 Å². The Hall–Kier alpha value is -0.830. The number of rotatable bonds is 9. The zero-order valence-corrected chi connectivity index (χ0v) is 14.5. The highest BCUT2D eigenvalue weighted by Crippen LogP contribution is 2.66. The normalized spacial score (nSPS) is 32.3. The van der Waals surface area contributed by atoms with Crippen molar-refractivity contribution >= 4 is 5.97 Å². The molecule has 22 heavy (non-hydrogen) atoms. The molecule has 0 aromatic carbocycles. The molecule has 0 heterocycles. The molecule has 3 nitrogen and oxygen atoms in total. The van der Waals surface area contributed by atoms with Crippen molar-refractivity contribution in [3.8, 4) is 0 Å². The summed E-state index contributed by atoms with van der Waals surface area (Å²) in [7, 11) is 0. The van der Waals surface area contributed by atoms with Crippen LogP contribution in [0.3, 0.4) is 0 Å². The van der Waals surface area contributed by atoms with E-state index in [9.17, 15) is 4.79 Å². The third-order valence-electron chi connectivity index (χ3n) is 6.71. The van der Waals surface area contributed by atoms with Crippen molar-refractivity contribution in [3.05, 3.63) is 12.2 Å². The van der Waals surface area contributed by atoms with Gasteiger partial charge in [0.25, 0.3) is 0 Å². The number of unbranched alkanes of at least 4 members (excludes halogenated alkanes) is 3. The van der Waals surface area contributed by atoms with Gasteiger partial charge in [-0.1, -0.05) is 40.2 Å². The lowest BCUT2D eigenvalue weighted by atomic mass is 9.70. The summed E-state index contributed by atoms with van der Waals surface area (Å²) in [5.41, 5.74) is 1.11. The van der Waals surface area contributed by atoms with Gasteiger partial charge in [-0.05, 0) is 55.3 Å². The second-order valence-electron chi connectivity index (χ2n) is 8.04. The van der Waals surface area contributed by atoms with Gasteiger partial charge in [0.05, 0.1) is 6.10 Å². The number of fused-ring (bicyclic) bond motifs is 2. The average molecular weight is 308 g/mol. The molecule has 2 aliphatic carbocycles. The quantitative estimate of drug-likeness (QED) is 0.491. The summed E-state index contributed by atoms with van der Waals surface area (Å²) in [5.74, 6) is -0.0278. The van der Waals surface area contributed by atoms with Gasteiger partial charge in [-0.15, -0.1) is 0 Å². The first-order valence-electron chi connectivity index (χ1n) is 8.81. The zero-order valence-electron chi connectivity index (χ0n) is 14.5. The summed E-state index contributed by atoms with van der Waals surface area (Å²) in [6, 6.07) is 0. The van der Waals surface area contributed by atoms with E-state index in [2.05, 4.69) is 27.4 Å². The van der Waals surface area contributed by atoms with Crippen LogP contribution in [-0.2, 0) is 9.53 Å². The molecule has 3 unspecified atom stereocenters. The fourth-order valence-corrected chi connectivity index (χ4v) is 4.51. The molecule has 0 aromatic rings. The third kappa shape index (κ3) is 3.24. The van der Waals surface area contributed by atoms with Crippen molar-refractivity contribution in [2.75, 3.05) is 6.61 Å². The van der Waals surface area contributed by atoms with Gasteiger partial charge in [-0.3, -0.25) is 0 Å². The van der Waals surface area contributed by atoms with E-state index >= 15 is 0 Å². The van der Waals surface area contributed by atoms with Crippen LogP contribution in [0.1, 0.15) is 72.1 Å². The first-order chi connectivity index (χ1) is 10.3. The van der Waals surface area contributed by atoms with Gasteiger partial charge < -0.3 is 9.84 Å². The number of carbonyl (C=O) groups is 1. The van der Waals surface area contributed by atoms with Crippen LogP contribution in [-0.4, -0.2) is 23.8 Å². The van der Waals surface area contributed by atoms with Gasteiger partial charge in [0, 0.05) is 12.2 Å². The highest BCUT2D eigenvalue weighted by molar-refractivity contribution is 5.85. The smallest absolute Gasteiger partial charge is 0.330 e. The van der Waals surface area contributed by atoms with Crippen molar-refractivity contribution in [1.29, 1.82) is 0 Å². The summed E-state index contributed by atoms with van der Waals surface area (Å²) < 4.78 is 6.23. The minimum Gasteiger partial charge on any atom is -0.478 e. The van der Waals surface area contributed by atoms with Gasteiger partial charge in [-0.25, -0.2) is 4.79 Å². The van der Waals surface area contributed by atoms with Crippen LogP contribution in [0.15, 0.2) is 12.2 Å². The molecular formula is C19H32O3. The van der Waals surface area contributed by atoms with Gasteiger partial charge in [-0.2, -0.15) is 0 Å². The SMILES string of the molecule is C=C(CCCCCCOC1CC2CCC1(C)C2(C)C)C(=O)O. The van der Waals surface area contributed by atoms with Gasteiger partial charge in [0.2, 0.25) is 0 Å². The molecule has 3 atom stereocenters. The molecule has 1 N–H and O–H groups in total. The van der Waals surface area contributed by atoms with Gasteiger partial charge >= 0.3 is 5.97 Å². The molecule has 2 fully saturated rings. The minimum atomic E-state index is -0.865. The topological polar surface area (TPSA) is 46.5 Å². The fourth-order valence-electron chi connectivity index (χ4n) is 4.51. The molecule has 0 saturated heterocycles. The number of hydrogen-bond donors (Lipinski definition) is 1. The van der Waals surface area contributed by atoms with Crippen molar-refractivity contribution < 1.29 is 14.6 Å². The van der Waals surface area contributed by atoms with Gasteiger partial charge in [0.15, 0.2) is 0 Å². The first-order valence-corrected chi connectivity index (χ1v) is 8.81. The lowest BCUT2D eigenvalue weighted by molar-refractivity contribution is -0.132. The van der Waals surface area contributed by atoms with E-state index in [1.165, 1.54) is 19.3 Å². The maximum Gasteiger partial charge on any atom is 0.330 e. The van der Waals surface area contributed by atoms with E-state index in [1.807, 2.05) is 0 Å². The summed E-state index contributed by atoms with van der Waals surface area (Å²) in [4.78, 5) is 10.6. The summed E-state index contributed by atoms with van der Waals surface area (Å²) in [6.45, 7) is 11.7. The molecular weight excluding hydrogens is 276 g/mol. The van der Waals surface area contributed by atoms with Crippen LogP contribution < -0.4 is 0 Å². The number of carboxylic acids is 1. The van der Waals surface area contributed by atoms with E-state index in [1.54, 1.807) is 0 Å². The lowest BCUT2D eigenvalue weighted by Crippen LogP contribution is -2.37. The molecule has 0 aromatic heterocycles. The fraction of sp³-hybridized carbons (Fsp3) is 0.842. The number of hydrogen-bond acceptors (Lipinski definition) is 2. The number of ether oxygens (including phenoxy) is 1. The van der Waals surface area contributed by atoms with Crippen molar-refractivity contribution in [2.24, 2.45) is 16.7 Å². The van der Waals surface area contributed by atoms with Crippen LogP contribution in [0, 0.1) is 16.7 Å². The Bertz CT molecular complexity index is 426. The standard InChI is InChI=1S/C19H32O3/c1-14(17(20)21)9-7-5-6-8-12-22-16-13-15-10-11-19(16,4)18(15,2)3/h15-16H,1,5-13H2,2-4H3,(H,20,21). The predicted octanol–water partition coefficient (Wildman–Crippen LogP) is 4.81. The molecule has 0 radical (unpaired) electrons. The number of carboxylic acid groups (broad SMARTS) is 1. The molecule has 2 bridgehead atoms. The third-order valence-corrected chi connectivity index (χ3v) is 6.71. The number of aliphatic carboxylic acids is 1. The molecule has 3 heteroatoms. The van der Waals surface area contributed by atoms with E-state index in [4.69, 9.17) is 9.84 Å². The van der Waals surface area contributed by atoms with E-state index in [-0.39, 0.29) is 0 Å².